The summed E-state index contributed by atoms with van der Waals surface area (Å²) in [5.41, 5.74) is 3.08. The molecule has 1 saturated heterocycles. The lowest BCUT2D eigenvalue weighted by molar-refractivity contribution is -0.0471. The Balaban J connectivity index is 1.51. The third-order valence-corrected chi connectivity index (χ3v) is 5.48. The van der Waals surface area contributed by atoms with Crippen LogP contribution >= 0.6 is 0 Å². The smallest absolute Gasteiger partial charge is 0.124 e. The number of imidazole rings is 1. The molecular formula is C18H25N3O. The standard InChI is InChI=1S/C18H25N3O/c1-13-5-6-14-15(12-13)20-17(19-14)16-4-2-10-21(16)11-9-18(22)7-3-8-18/h5-6,12,16,22H,2-4,7-11H2,1H3,(H,19,20). The van der Waals surface area contributed by atoms with Gasteiger partial charge < -0.3 is 10.1 Å². The molecule has 1 aliphatic carbocycles. The van der Waals surface area contributed by atoms with Gasteiger partial charge in [-0.05, 0) is 69.7 Å². The molecule has 1 unspecified atom stereocenters. The Morgan fingerprint density at radius 2 is 2.23 bits per heavy atom. The fraction of sp³-hybridized carbons (Fsp3) is 0.611. The molecule has 2 aromatic rings. The van der Waals surface area contributed by atoms with Gasteiger partial charge in [-0.25, -0.2) is 4.98 Å². The van der Waals surface area contributed by atoms with E-state index in [0.29, 0.717) is 6.04 Å². The van der Waals surface area contributed by atoms with Crippen molar-refractivity contribution < 1.29 is 5.11 Å². The number of rotatable bonds is 4. The molecule has 1 aliphatic heterocycles. The summed E-state index contributed by atoms with van der Waals surface area (Å²) in [5, 5.41) is 10.3. The van der Waals surface area contributed by atoms with E-state index in [1.54, 1.807) is 0 Å². The molecule has 2 heterocycles. The fourth-order valence-electron chi connectivity index (χ4n) is 3.89. The van der Waals surface area contributed by atoms with Gasteiger partial charge >= 0.3 is 0 Å². The van der Waals surface area contributed by atoms with E-state index < -0.39 is 0 Å². The molecule has 0 radical (unpaired) electrons. The maximum absolute atomic E-state index is 10.3. The second kappa shape index (κ2) is 5.36. The van der Waals surface area contributed by atoms with E-state index in [2.05, 4.69) is 35.0 Å². The molecule has 4 heteroatoms. The molecule has 118 valence electrons. The number of aromatic nitrogens is 2. The van der Waals surface area contributed by atoms with E-state index in [0.717, 1.165) is 55.6 Å². The Bertz CT molecular complexity index is 674. The van der Waals surface area contributed by atoms with Gasteiger partial charge in [0.1, 0.15) is 5.82 Å². The van der Waals surface area contributed by atoms with E-state index >= 15 is 0 Å². The quantitative estimate of drug-likeness (QED) is 0.910. The number of nitrogens with zero attached hydrogens (tertiary/aromatic N) is 2. The molecule has 2 aliphatic rings. The number of aromatic amines is 1. The van der Waals surface area contributed by atoms with Crippen LogP contribution in [0.2, 0.25) is 0 Å². The number of benzene rings is 1. The van der Waals surface area contributed by atoms with Crippen molar-refractivity contribution in [3.63, 3.8) is 0 Å². The first-order valence-electron chi connectivity index (χ1n) is 8.56. The first-order chi connectivity index (χ1) is 10.6. The van der Waals surface area contributed by atoms with Crippen molar-refractivity contribution in [3.8, 4) is 0 Å². The SMILES string of the molecule is Cc1ccc2nc(C3CCCN3CCC3(O)CCC3)[nH]c2c1. The zero-order valence-corrected chi connectivity index (χ0v) is 13.3. The van der Waals surface area contributed by atoms with Crippen LogP contribution in [0.4, 0.5) is 0 Å². The molecular weight excluding hydrogens is 274 g/mol. The molecule has 0 spiro atoms. The minimum Gasteiger partial charge on any atom is -0.390 e. The van der Waals surface area contributed by atoms with Crippen molar-refractivity contribution in [3.05, 3.63) is 29.6 Å². The van der Waals surface area contributed by atoms with Gasteiger partial charge in [0, 0.05) is 6.54 Å². The lowest BCUT2D eigenvalue weighted by atomic mass is 9.78. The Kier molecular flexibility index (Phi) is 3.46. The van der Waals surface area contributed by atoms with Crippen molar-refractivity contribution in [2.75, 3.05) is 13.1 Å². The maximum Gasteiger partial charge on any atom is 0.124 e. The number of hydrogen-bond donors (Lipinski definition) is 2. The predicted molar refractivity (Wildman–Crippen MR) is 87.8 cm³/mol. The van der Waals surface area contributed by atoms with Crippen molar-refractivity contribution in [1.29, 1.82) is 0 Å². The number of nitrogens with one attached hydrogen (secondary N) is 1. The highest BCUT2D eigenvalue weighted by molar-refractivity contribution is 5.75. The van der Waals surface area contributed by atoms with Crippen molar-refractivity contribution in [2.45, 2.75) is 57.1 Å². The Morgan fingerprint density at radius 1 is 1.36 bits per heavy atom. The second-order valence-electron chi connectivity index (χ2n) is 7.16. The fourth-order valence-corrected chi connectivity index (χ4v) is 3.89. The summed E-state index contributed by atoms with van der Waals surface area (Å²) in [4.78, 5) is 10.8. The van der Waals surface area contributed by atoms with Crippen molar-refractivity contribution >= 4 is 11.0 Å². The molecule has 4 rings (SSSR count). The monoisotopic (exact) mass is 299 g/mol. The highest BCUT2D eigenvalue weighted by atomic mass is 16.3. The minimum atomic E-state index is -0.377. The zero-order valence-electron chi connectivity index (χ0n) is 13.3. The van der Waals surface area contributed by atoms with E-state index in [1.807, 2.05) is 0 Å². The number of fused-ring (bicyclic) bond motifs is 1. The lowest BCUT2D eigenvalue weighted by Crippen LogP contribution is -2.40. The van der Waals surface area contributed by atoms with Crippen molar-refractivity contribution in [1.82, 2.24) is 14.9 Å². The van der Waals surface area contributed by atoms with E-state index in [1.165, 1.54) is 18.4 Å². The van der Waals surface area contributed by atoms with E-state index in [9.17, 15) is 5.11 Å². The van der Waals surface area contributed by atoms with Crippen LogP contribution in [-0.2, 0) is 0 Å². The first kappa shape index (κ1) is 14.2. The summed E-state index contributed by atoms with van der Waals surface area (Å²) in [5.74, 6) is 1.10. The molecule has 4 nitrogen and oxygen atoms in total. The average molecular weight is 299 g/mol. The van der Waals surface area contributed by atoms with Gasteiger partial charge in [-0.3, -0.25) is 4.90 Å². The molecule has 1 aromatic carbocycles. The van der Waals surface area contributed by atoms with Crippen LogP contribution in [0.25, 0.3) is 11.0 Å². The van der Waals surface area contributed by atoms with Gasteiger partial charge in [0.25, 0.3) is 0 Å². The van der Waals surface area contributed by atoms with Gasteiger partial charge in [0.05, 0.1) is 22.7 Å². The third kappa shape index (κ3) is 2.55. The van der Waals surface area contributed by atoms with Crippen LogP contribution in [0.1, 0.15) is 56.0 Å². The maximum atomic E-state index is 10.3. The van der Waals surface area contributed by atoms with Gasteiger partial charge in [-0.15, -0.1) is 0 Å². The van der Waals surface area contributed by atoms with E-state index in [4.69, 9.17) is 4.98 Å². The number of likely N-dealkylation sites (tertiary alicyclic amines) is 1. The number of hydrogen-bond acceptors (Lipinski definition) is 3. The van der Waals surface area contributed by atoms with Gasteiger partial charge in [-0.1, -0.05) is 6.07 Å². The van der Waals surface area contributed by atoms with Gasteiger partial charge in [-0.2, -0.15) is 0 Å². The normalized spacial score (nSPS) is 24.7. The Hall–Kier alpha value is -1.39. The van der Waals surface area contributed by atoms with Crippen LogP contribution < -0.4 is 0 Å². The molecule has 1 aromatic heterocycles. The topological polar surface area (TPSA) is 52.1 Å². The highest BCUT2D eigenvalue weighted by Gasteiger charge is 2.36. The van der Waals surface area contributed by atoms with Crippen LogP contribution in [0.15, 0.2) is 18.2 Å². The molecule has 2 N–H and O–H groups in total. The first-order valence-corrected chi connectivity index (χ1v) is 8.56. The average Bonchev–Trinajstić information content (AvgIpc) is 3.08. The predicted octanol–water partition coefficient (Wildman–Crippen LogP) is 3.31. The highest BCUT2D eigenvalue weighted by Crippen LogP contribution is 2.37. The second-order valence-corrected chi connectivity index (χ2v) is 7.16. The van der Waals surface area contributed by atoms with Crippen LogP contribution in [0.3, 0.4) is 0 Å². The molecule has 1 saturated carbocycles. The third-order valence-electron chi connectivity index (χ3n) is 5.48. The number of H-pyrrole nitrogens is 1. The van der Waals surface area contributed by atoms with Crippen LogP contribution in [0, 0.1) is 6.92 Å². The molecule has 1 atom stereocenters. The zero-order chi connectivity index (χ0) is 15.2. The van der Waals surface area contributed by atoms with Gasteiger partial charge in [0.15, 0.2) is 0 Å². The summed E-state index contributed by atoms with van der Waals surface area (Å²) >= 11 is 0. The summed E-state index contributed by atoms with van der Waals surface area (Å²) in [6.45, 7) is 4.22. The summed E-state index contributed by atoms with van der Waals surface area (Å²) in [6, 6.07) is 6.77. The number of aryl methyl sites for hydroxylation is 1. The largest absolute Gasteiger partial charge is 0.390 e. The molecule has 0 amide bonds. The lowest BCUT2D eigenvalue weighted by Gasteiger charge is -2.38. The Labute approximate surface area is 131 Å². The van der Waals surface area contributed by atoms with Crippen LogP contribution in [-0.4, -0.2) is 38.7 Å². The summed E-state index contributed by atoms with van der Waals surface area (Å²) in [7, 11) is 0. The molecule has 22 heavy (non-hydrogen) atoms. The summed E-state index contributed by atoms with van der Waals surface area (Å²) in [6.07, 6.45) is 6.44. The van der Waals surface area contributed by atoms with E-state index in [-0.39, 0.29) is 5.60 Å². The Morgan fingerprint density at radius 3 is 3.00 bits per heavy atom. The molecule has 0 bridgehead atoms. The minimum absolute atomic E-state index is 0.377. The summed E-state index contributed by atoms with van der Waals surface area (Å²) < 4.78 is 0. The van der Waals surface area contributed by atoms with Crippen molar-refractivity contribution in [2.24, 2.45) is 0 Å². The number of aliphatic hydroxyl groups is 1. The van der Waals surface area contributed by atoms with Crippen LogP contribution in [0.5, 0.6) is 0 Å². The van der Waals surface area contributed by atoms with Gasteiger partial charge in [0.2, 0.25) is 0 Å². The molecule has 2 fully saturated rings.